The second kappa shape index (κ2) is 8.99. The fourth-order valence-electron chi connectivity index (χ4n) is 2.30. The minimum Gasteiger partial charge on any atom is -0.478 e. The van der Waals surface area contributed by atoms with Gasteiger partial charge in [-0.05, 0) is 55.7 Å². The lowest BCUT2D eigenvalue weighted by Gasteiger charge is -2.09. The van der Waals surface area contributed by atoms with Gasteiger partial charge in [0.15, 0.2) is 0 Å². The average molecular weight is 341 g/mol. The van der Waals surface area contributed by atoms with Gasteiger partial charge < -0.3 is 15.2 Å². The summed E-state index contributed by atoms with van der Waals surface area (Å²) in [5.74, 6) is -1.10. The summed E-state index contributed by atoms with van der Waals surface area (Å²) in [5.41, 5.74) is 2.74. The summed E-state index contributed by atoms with van der Waals surface area (Å²) in [5, 5.41) is 11.8. The molecule has 0 aliphatic heterocycles. The molecule has 0 saturated carbocycles. The number of amides is 1. The third-order valence-corrected chi connectivity index (χ3v) is 3.67. The Balaban J connectivity index is 1.84. The van der Waals surface area contributed by atoms with E-state index >= 15 is 0 Å². The minimum atomic E-state index is -0.951. The zero-order valence-corrected chi connectivity index (χ0v) is 14.5. The third-order valence-electron chi connectivity index (χ3n) is 3.67. The van der Waals surface area contributed by atoms with E-state index in [1.807, 2.05) is 32.0 Å². The predicted octanol–water partition coefficient (Wildman–Crippen LogP) is 3.28. The molecule has 2 N–H and O–H groups in total. The predicted molar refractivity (Wildman–Crippen MR) is 95.8 cm³/mol. The summed E-state index contributed by atoms with van der Waals surface area (Å²) in [6.07, 6.45) is 0.746. The van der Waals surface area contributed by atoms with Gasteiger partial charge >= 0.3 is 5.97 Å². The lowest BCUT2D eigenvalue weighted by atomic mass is 10.1. The number of aromatic carboxylic acids is 1. The molecule has 2 rings (SSSR count). The van der Waals surface area contributed by atoms with E-state index in [-0.39, 0.29) is 17.6 Å². The van der Waals surface area contributed by atoms with Gasteiger partial charge in [0.2, 0.25) is 0 Å². The molecular weight excluding hydrogens is 318 g/mol. The highest BCUT2D eigenvalue weighted by atomic mass is 16.5. The molecule has 0 heterocycles. The standard InChI is InChI=1S/C20H23NO4/c1-14(2)25-13-16-6-8-17(9-7-16)19(22)21-11-10-15-4-3-5-18(12-15)20(23)24/h3-9,12,14H,10-11,13H2,1-2H3,(H,21,22)(H,23,24). The summed E-state index contributed by atoms with van der Waals surface area (Å²) >= 11 is 0. The van der Waals surface area contributed by atoms with E-state index in [9.17, 15) is 9.59 Å². The summed E-state index contributed by atoms with van der Waals surface area (Å²) in [6, 6.07) is 14.0. The molecule has 0 atom stereocenters. The molecule has 0 unspecified atom stereocenters. The van der Waals surface area contributed by atoms with E-state index in [1.54, 1.807) is 30.3 Å². The first-order chi connectivity index (χ1) is 12.0. The van der Waals surface area contributed by atoms with Gasteiger partial charge in [-0.2, -0.15) is 0 Å². The minimum absolute atomic E-state index is 0.147. The van der Waals surface area contributed by atoms with Crippen molar-refractivity contribution in [3.8, 4) is 0 Å². The number of nitrogens with one attached hydrogen (secondary N) is 1. The van der Waals surface area contributed by atoms with Gasteiger partial charge in [-0.1, -0.05) is 24.3 Å². The maximum absolute atomic E-state index is 12.2. The van der Waals surface area contributed by atoms with Crippen LogP contribution in [0.3, 0.4) is 0 Å². The first-order valence-electron chi connectivity index (χ1n) is 8.26. The molecule has 25 heavy (non-hydrogen) atoms. The number of benzene rings is 2. The van der Waals surface area contributed by atoms with Crippen molar-refractivity contribution < 1.29 is 19.4 Å². The SMILES string of the molecule is CC(C)OCc1ccc(C(=O)NCCc2cccc(C(=O)O)c2)cc1. The number of carbonyl (C=O) groups is 2. The summed E-state index contributed by atoms with van der Waals surface area (Å²) < 4.78 is 5.53. The lowest BCUT2D eigenvalue weighted by Crippen LogP contribution is -2.25. The number of rotatable bonds is 8. The number of carboxylic acids is 1. The zero-order chi connectivity index (χ0) is 18.2. The Morgan fingerprint density at radius 3 is 2.40 bits per heavy atom. The number of carboxylic acid groups (broad SMARTS) is 1. The first-order valence-corrected chi connectivity index (χ1v) is 8.26. The number of hydrogen-bond donors (Lipinski definition) is 2. The van der Waals surface area contributed by atoms with Gasteiger partial charge in [0, 0.05) is 12.1 Å². The van der Waals surface area contributed by atoms with Gasteiger partial charge in [0.1, 0.15) is 0 Å². The van der Waals surface area contributed by atoms with Crippen molar-refractivity contribution in [1.29, 1.82) is 0 Å². The average Bonchev–Trinajstić information content (AvgIpc) is 2.60. The van der Waals surface area contributed by atoms with Crippen LogP contribution in [0.1, 0.15) is 45.7 Å². The van der Waals surface area contributed by atoms with Crippen LogP contribution in [0.25, 0.3) is 0 Å². The maximum atomic E-state index is 12.2. The number of hydrogen-bond acceptors (Lipinski definition) is 3. The fourth-order valence-corrected chi connectivity index (χ4v) is 2.30. The molecule has 0 radical (unpaired) electrons. The van der Waals surface area contributed by atoms with E-state index < -0.39 is 5.97 Å². The quantitative estimate of drug-likeness (QED) is 0.772. The van der Waals surface area contributed by atoms with E-state index in [0.29, 0.717) is 25.1 Å². The van der Waals surface area contributed by atoms with E-state index in [0.717, 1.165) is 11.1 Å². The van der Waals surface area contributed by atoms with E-state index in [1.165, 1.54) is 0 Å². The molecule has 2 aromatic rings. The molecule has 0 aliphatic carbocycles. The molecule has 0 spiro atoms. The topological polar surface area (TPSA) is 75.6 Å². The van der Waals surface area contributed by atoms with E-state index in [4.69, 9.17) is 9.84 Å². The highest BCUT2D eigenvalue weighted by Gasteiger charge is 2.07. The molecule has 0 aromatic heterocycles. The van der Waals surface area contributed by atoms with Crippen LogP contribution in [0.15, 0.2) is 48.5 Å². The Kier molecular flexibility index (Phi) is 6.71. The van der Waals surface area contributed by atoms with Crippen LogP contribution in [0.2, 0.25) is 0 Å². The number of ether oxygens (including phenoxy) is 1. The molecule has 1 amide bonds. The summed E-state index contributed by atoms with van der Waals surface area (Å²) in [4.78, 5) is 23.1. The van der Waals surface area contributed by atoms with Crippen molar-refractivity contribution in [2.45, 2.75) is 33.0 Å². The van der Waals surface area contributed by atoms with Crippen molar-refractivity contribution >= 4 is 11.9 Å². The van der Waals surface area contributed by atoms with Crippen molar-refractivity contribution in [2.24, 2.45) is 0 Å². The van der Waals surface area contributed by atoms with Crippen molar-refractivity contribution in [3.63, 3.8) is 0 Å². The second-order valence-electron chi connectivity index (χ2n) is 6.07. The Hall–Kier alpha value is -2.66. The molecule has 0 saturated heterocycles. The first kappa shape index (κ1) is 18.7. The Labute approximate surface area is 147 Å². The highest BCUT2D eigenvalue weighted by molar-refractivity contribution is 5.94. The largest absolute Gasteiger partial charge is 0.478 e. The lowest BCUT2D eigenvalue weighted by molar-refractivity contribution is 0.0656. The van der Waals surface area contributed by atoms with Crippen LogP contribution in [0, 0.1) is 0 Å². The summed E-state index contributed by atoms with van der Waals surface area (Å²) in [7, 11) is 0. The monoisotopic (exact) mass is 341 g/mol. The van der Waals surface area contributed by atoms with Crippen LogP contribution in [-0.2, 0) is 17.8 Å². The van der Waals surface area contributed by atoms with E-state index in [2.05, 4.69) is 5.32 Å². The van der Waals surface area contributed by atoms with Gasteiger partial charge in [0.25, 0.3) is 5.91 Å². The second-order valence-corrected chi connectivity index (χ2v) is 6.07. The van der Waals surface area contributed by atoms with Crippen LogP contribution >= 0.6 is 0 Å². The Bertz CT molecular complexity index is 723. The third kappa shape index (κ3) is 6.04. The van der Waals surface area contributed by atoms with Crippen molar-refractivity contribution in [2.75, 3.05) is 6.54 Å². The Morgan fingerprint density at radius 1 is 1.04 bits per heavy atom. The molecule has 2 aromatic carbocycles. The van der Waals surface area contributed by atoms with Crippen LogP contribution in [0.5, 0.6) is 0 Å². The molecule has 0 fully saturated rings. The van der Waals surface area contributed by atoms with Gasteiger partial charge in [-0.3, -0.25) is 4.79 Å². The van der Waals surface area contributed by atoms with Crippen LogP contribution < -0.4 is 5.32 Å². The Morgan fingerprint density at radius 2 is 1.76 bits per heavy atom. The molecule has 0 bridgehead atoms. The molecule has 5 nitrogen and oxygen atoms in total. The van der Waals surface area contributed by atoms with Gasteiger partial charge in [-0.15, -0.1) is 0 Å². The molecule has 132 valence electrons. The van der Waals surface area contributed by atoms with Crippen LogP contribution in [0.4, 0.5) is 0 Å². The maximum Gasteiger partial charge on any atom is 0.335 e. The molecular formula is C20H23NO4. The van der Waals surface area contributed by atoms with Gasteiger partial charge in [0.05, 0.1) is 18.3 Å². The molecule has 5 heteroatoms. The van der Waals surface area contributed by atoms with Gasteiger partial charge in [-0.25, -0.2) is 4.79 Å². The van der Waals surface area contributed by atoms with Crippen LogP contribution in [-0.4, -0.2) is 29.6 Å². The fraction of sp³-hybridized carbons (Fsp3) is 0.300. The summed E-state index contributed by atoms with van der Waals surface area (Å²) in [6.45, 7) is 4.93. The highest BCUT2D eigenvalue weighted by Crippen LogP contribution is 2.08. The number of carbonyl (C=O) groups excluding carboxylic acids is 1. The molecule has 0 aliphatic rings. The smallest absolute Gasteiger partial charge is 0.335 e. The normalized spacial score (nSPS) is 10.7. The van der Waals surface area contributed by atoms with Crippen molar-refractivity contribution in [3.05, 3.63) is 70.8 Å². The van der Waals surface area contributed by atoms with Crippen molar-refractivity contribution in [1.82, 2.24) is 5.32 Å². The zero-order valence-electron chi connectivity index (χ0n) is 14.5.